The minimum absolute atomic E-state index is 0.107. The molecule has 5 nitrogen and oxygen atoms in total. The van der Waals surface area contributed by atoms with Crippen LogP contribution in [0.3, 0.4) is 0 Å². The molecule has 2 heterocycles. The highest BCUT2D eigenvalue weighted by Crippen LogP contribution is 2.19. The van der Waals surface area contributed by atoms with Gasteiger partial charge in [-0.3, -0.25) is 9.69 Å². The summed E-state index contributed by atoms with van der Waals surface area (Å²) < 4.78 is 5.16. The Morgan fingerprint density at radius 3 is 2.81 bits per heavy atom. The Morgan fingerprint density at radius 2 is 2.08 bits per heavy atom. The molecule has 2 aromatic rings. The molecule has 140 valence electrons. The van der Waals surface area contributed by atoms with Crippen LogP contribution in [0.15, 0.2) is 34.9 Å². The molecular formula is C21H29N3O2. The number of nitrogens with zero attached hydrogens (tertiary/aromatic N) is 2. The molecule has 0 aliphatic carbocycles. The summed E-state index contributed by atoms with van der Waals surface area (Å²) in [5, 5.41) is 7.09. The maximum Gasteiger partial charge on any atom is 0.220 e. The molecule has 1 amide bonds. The van der Waals surface area contributed by atoms with E-state index in [1.807, 2.05) is 13.8 Å². The Bertz CT molecular complexity index is 692. The highest BCUT2D eigenvalue weighted by Gasteiger charge is 2.23. The van der Waals surface area contributed by atoms with Crippen molar-refractivity contribution >= 4 is 5.91 Å². The maximum absolute atomic E-state index is 12.3. The van der Waals surface area contributed by atoms with E-state index in [1.54, 1.807) is 0 Å². The fourth-order valence-corrected chi connectivity index (χ4v) is 3.73. The van der Waals surface area contributed by atoms with Gasteiger partial charge in [-0.25, -0.2) is 0 Å². The van der Waals surface area contributed by atoms with Gasteiger partial charge in [0.15, 0.2) is 0 Å². The number of likely N-dealkylation sites (tertiary alicyclic amines) is 1. The van der Waals surface area contributed by atoms with E-state index < -0.39 is 0 Å². The molecule has 3 rings (SSSR count). The van der Waals surface area contributed by atoms with Crippen LogP contribution >= 0.6 is 0 Å². The molecule has 0 spiro atoms. The van der Waals surface area contributed by atoms with Gasteiger partial charge < -0.3 is 9.84 Å². The topological polar surface area (TPSA) is 58.4 Å². The van der Waals surface area contributed by atoms with E-state index in [0.29, 0.717) is 18.9 Å². The third-order valence-electron chi connectivity index (χ3n) is 5.30. The van der Waals surface area contributed by atoms with Crippen molar-refractivity contribution in [3.05, 3.63) is 52.9 Å². The summed E-state index contributed by atoms with van der Waals surface area (Å²) in [5.74, 6) is 0.923. The van der Waals surface area contributed by atoms with Crippen LogP contribution in [-0.4, -0.2) is 35.1 Å². The minimum Gasteiger partial charge on any atom is -0.361 e. The number of nitrogens with one attached hydrogen (secondary N) is 1. The summed E-state index contributed by atoms with van der Waals surface area (Å²) >= 11 is 0. The Balaban J connectivity index is 1.48. The Hall–Kier alpha value is -2.14. The number of aryl methyl sites for hydroxylation is 2. The first-order valence-electron chi connectivity index (χ1n) is 9.60. The minimum atomic E-state index is 0.107. The highest BCUT2D eigenvalue weighted by atomic mass is 16.5. The third kappa shape index (κ3) is 4.94. The number of piperidine rings is 1. The normalized spacial score (nSPS) is 18.0. The number of hydrogen-bond donors (Lipinski definition) is 1. The molecule has 0 bridgehead atoms. The fraction of sp³-hybridized carbons (Fsp3) is 0.524. The Morgan fingerprint density at radius 1 is 1.27 bits per heavy atom. The van der Waals surface area contributed by atoms with Crippen molar-refractivity contribution < 1.29 is 9.32 Å². The van der Waals surface area contributed by atoms with Crippen molar-refractivity contribution in [3.8, 4) is 0 Å². The fourth-order valence-electron chi connectivity index (χ4n) is 3.73. The zero-order valence-corrected chi connectivity index (χ0v) is 15.8. The van der Waals surface area contributed by atoms with E-state index in [4.69, 9.17) is 4.52 Å². The molecule has 1 aliphatic rings. The summed E-state index contributed by atoms with van der Waals surface area (Å²) in [6.07, 6.45) is 4.80. The van der Waals surface area contributed by atoms with Gasteiger partial charge in [0.1, 0.15) is 5.76 Å². The number of benzene rings is 1. The largest absolute Gasteiger partial charge is 0.361 e. The van der Waals surface area contributed by atoms with E-state index in [2.05, 4.69) is 45.7 Å². The number of carbonyl (C=O) groups excluding carboxylic acids is 1. The Kier molecular flexibility index (Phi) is 6.45. The zero-order valence-electron chi connectivity index (χ0n) is 15.8. The van der Waals surface area contributed by atoms with Gasteiger partial charge in [-0.2, -0.15) is 0 Å². The molecule has 1 saturated heterocycles. The van der Waals surface area contributed by atoms with Gasteiger partial charge in [0.05, 0.1) is 5.69 Å². The summed E-state index contributed by atoms with van der Waals surface area (Å²) in [6.45, 7) is 6.62. The summed E-state index contributed by atoms with van der Waals surface area (Å²) in [6, 6.07) is 11.0. The molecule has 5 heteroatoms. The third-order valence-corrected chi connectivity index (χ3v) is 5.30. The summed E-state index contributed by atoms with van der Waals surface area (Å²) in [7, 11) is 0. The molecule has 1 N–H and O–H groups in total. The van der Waals surface area contributed by atoms with Gasteiger partial charge in [0.2, 0.25) is 5.91 Å². The van der Waals surface area contributed by atoms with Gasteiger partial charge in [-0.05, 0) is 45.2 Å². The monoisotopic (exact) mass is 355 g/mol. The molecule has 1 fully saturated rings. The van der Waals surface area contributed by atoms with Crippen molar-refractivity contribution in [1.82, 2.24) is 15.4 Å². The van der Waals surface area contributed by atoms with Gasteiger partial charge in [-0.15, -0.1) is 0 Å². The van der Waals surface area contributed by atoms with Crippen LogP contribution in [0.4, 0.5) is 0 Å². The van der Waals surface area contributed by atoms with E-state index >= 15 is 0 Å². The first-order chi connectivity index (χ1) is 12.6. The van der Waals surface area contributed by atoms with Crippen molar-refractivity contribution in [2.75, 3.05) is 13.1 Å². The first-order valence-corrected chi connectivity index (χ1v) is 9.60. The quantitative estimate of drug-likeness (QED) is 0.827. The number of carbonyl (C=O) groups is 1. The lowest BCUT2D eigenvalue weighted by Gasteiger charge is -2.36. The van der Waals surface area contributed by atoms with Crippen LogP contribution in [0.25, 0.3) is 0 Å². The van der Waals surface area contributed by atoms with Crippen molar-refractivity contribution in [2.45, 2.75) is 58.5 Å². The van der Waals surface area contributed by atoms with E-state index in [0.717, 1.165) is 43.1 Å². The zero-order chi connectivity index (χ0) is 18.4. The second kappa shape index (κ2) is 8.99. The lowest BCUT2D eigenvalue weighted by atomic mass is 10.0. The highest BCUT2D eigenvalue weighted by molar-refractivity contribution is 5.76. The van der Waals surface area contributed by atoms with Crippen LogP contribution in [0.2, 0.25) is 0 Å². The number of hydrogen-bond acceptors (Lipinski definition) is 4. The molecule has 1 aromatic heterocycles. The van der Waals surface area contributed by atoms with E-state index in [-0.39, 0.29) is 5.91 Å². The number of amides is 1. The van der Waals surface area contributed by atoms with Crippen molar-refractivity contribution in [2.24, 2.45) is 0 Å². The summed E-state index contributed by atoms with van der Waals surface area (Å²) in [5.41, 5.74) is 3.28. The predicted octanol–water partition coefficient (Wildman–Crippen LogP) is 3.39. The smallest absolute Gasteiger partial charge is 0.220 e. The summed E-state index contributed by atoms with van der Waals surface area (Å²) in [4.78, 5) is 14.8. The van der Waals surface area contributed by atoms with Gasteiger partial charge in [0, 0.05) is 31.1 Å². The molecular weight excluding hydrogens is 326 g/mol. The van der Waals surface area contributed by atoms with Crippen LogP contribution < -0.4 is 5.32 Å². The molecule has 26 heavy (non-hydrogen) atoms. The number of aromatic nitrogens is 1. The lowest BCUT2D eigenvalue weighted by Crippen LogP contribution is -2.46. The molecule has 0 unspecified atom stereocenters. The second-order valence-electron chi connectivity index (χ2n) is 7.21. The van der Waals surface area contributed by atoms with Crippen molar-refractivity contribution in [3.63, 3.8) is 0 Å². The maximum atomic E-state index is 12.3. The van der Waals surface area contributed by atoms with Crippen LogP contribution in [0.1, 0.15) is 48.3 Å². The Labute approximate surface area is 155 Å². The standard InChI is InChI=1S/C21H29N3O2/c1-16-20(17(2)26-23-16)11-12-21(25)22-14-19-10-6-7-13-24(19)15-18-8-4-3-5-9-18/h3-5,8-9,19H,6-7,10-15H2,1-2H3,(H,22,25)/t19-/m0/s1. The van der Waals surface area contributed by atoms with Gasteiger partial charge >= 0.3 is 0 Å². The van der Waals surface area contributed by atoms with Gasteiger partial charge in [-0.1, -0.05) is 41.9 Å². The van der Waals surface area contributed by atoms with E-state index in [1.165, 1.54) is 18.4 Å². The molecule has 1 aromatic carbocycles. The van der Waals surface area contributed by atoms with Crippen LogP contribution in [0.5, 0.6) is 0 Å². The number of rotatable bonds is 7. The van der Waals surface area contributed by atoms with Crippen LogP contribution in [-0.2, 0) is 17.8 Å². The molecule has 0 saturated carbocycles. The molecule has 0 radical (unpaired) electrons. The van der Waals surface area contributed by atoms with E-state index in [9.17, 15) is 4.79 Å². The average molecular weight is 355 g/mol. The predicted molar refractivity (Wildman–Crippen MR) is 102 cm³/mol. The lowest BCUT2D eigenvalue weighted by molar-refractivity contribution is -0.121. The molecule has 1 atom stereocenters. The first kappa shape index (κ1) is 18.6. The average Bonchev–Trinajstić information content (AvgIpc) is 2.98. The second-order valence-corrected chi connectivity index (χ2v) is 7.21. The van der Waals surface area contributed by atoms with Crippen molar-refractivity contribution in [1.29, 1.82) is 0 Å². The SMILES string of the molecule is Cc1noc(C)c1CCC(=O)NC[C@@H]1CCCCN1Cc1ccccc1. The van der Waals surface area contributed by atoms with Crippen LogP contribution in [0, 0.1) is 13.8 Å². The van der Waals surface area contributed by atoms with Gasteiger partial charge in [0.25, 0.3) is 0 Å². The molecule has 1 aliphatic heterocycles.